The summed E-state index contributed by atoms with van der Waals surface area (Å²) < 4.78 is 6.13. The molecule has 0 unspecified atom stereocenters. The molecule has 0 bridgehead atoms. The van der Waals surface area contributed by atoms with Crippen molar-refractivity contribution in [3.8, 4) is 0 Å². The van der Waals surface area contributed by atoms with E-state index in [1.807, 2.05) is 43.3 Å². The molecule has 0 atom stereocenters. The molecule has 0 heterocycles. The van der Waals surface area contributed by atoms with E-state index in [1.165, 1.54) is 0 Å². The van der Waals surface area contributed by atoms with Crippen LogP contribution in [-0.2, 0) is 11.3 Å². The standard InChI is InChI=1S/C16H16BrNO2/c1-11-9-12(7-8-14(11)17)16(19)18-15-6-4-3-5-13(15)10-20-2/h3-9H,10H2,1-2H3,(H,18,19). The number of anilines is 1. The molecule has 104 valence electrons. The van der Waals surface area contributed by atoms with Crippen molar-refractivity contribution in [1.82, 2.24) is 0 Å². The molecule has 1 amide bonds. The number of carbonyl (C=O) groups is 1. The number of hydrogen-bond donors (Lipinski definition) is 1. The molecule has 0 aliphatic heterocycles. The van der Waals surface area contributed by atoms with Gasteiger partial charge in [-0.05, 0) is 36.8 Å². The summed E-state index contributed by atoms with van der Waals surface area (Å²) in [5.41, 5.74) is 3.40. The lowest BCUT2D eigenvalue weighted by atomic mass is 10.1. The van der Waals surface area contributed by atoms with Crippen LogP contribution in [0.3, 0.4) is 0 Å². The van der Waals surface area contributed by atoms with Crippen molar-refractivity contribution in [3.05, 3.63) is 63.6 Å². The minimum absolute atomic E-state index is 0.121. The van der Waals surface area contributed by atoms with Gasteiger partial charge in [-0.15, -0.1) is 0 Å². The molecule has 0 aliphatic carbocycles. The second kappa shape index (κ2) is 6.68. The Kier molecular flexibility index (Phi) is 4.93. The van der Waals surface area contributed by atoms with E-state index in [-0.39, 0.29) is 5.91 Å². The van der Waals surface area contributed by atoms with Crippen molar-refractivity contribution in [2.75, 3.05) is 12.4 Å². The number of carbonyl (C=O) groups excluding carboxylic acids is 1. The molecule has 0 aromatic heterocycles. The van der Waals surface area contributed by atoms with E-state index in [0.717, 1.165) is 21.3 Å². The molecular formula is C16H16BrNO2. The first-order valence-corrected chi connectivity index (χ1v) is 7.05. The molecule has 0 saturated heterocycles. The third-order valence-corrected chi connectivity index (χ3v) is 3.88. The van der Waals surface area contributed by atoms with Gasteiger partial charge in [-0.25, -0.2) is 0 Å². The number of rotatable bonds is 4. The van der Waals surface area contributed by atoms with Crippen LogP contribution in [0, 0.1) is 6.92 Å². The summed E-state index contributed by atoms with van der Waals surface area (Å²) in [4.78, 5) is 12.3. The molecule has 2 rings (SSSR count). The Morgan fingerprint density at radius 2 is 2.00 bits per heavy atom. The maximum atomic E-state index is 12.3. The van der Waals surface area contributed by atoms with Crippen molar-refractivity contribution in [3.63, 3.8) is 0 Å². The molecule has 0 fully saturated rings. The number of hydrogen-bond acceptors (Lipinski definition) is 2. The van der Waals surface area contributed by atoms with Crippen LogP contribution < -0.4 is 5.32 Å². The van der Waals surface area contributed by atoms with Gasteiger partial charge in [0.25, 0.3) is 5.91 Å². The van der Waals surface area contributed by atoms with E-state index in [4.69, 9.17) is 4.74 Å². The van der Waals surface area contributed by atoms with Crippen molar-refractivity contribution in [2.24, 2.45) is 0 Å². The second-order valence-corrected chi connectivity index (χ2v) is 5.36. The lowest BCUT2D eigenvalue weighted by Crippen LogP contribution is -2.13. The largest absolute Gasteiger partial charge is 0.380 e. The number of halogens is 1. The highest BCUT2D eigenvalue weighted by molar-refractivity contribution is 9.10. The lowest BCUT2D eigenvalue weighted by Gasteiger charge is -2.11. The van der Waals surface area contributed by atoms with Crippen molar-refractivity contribution in [1.29, 1.82) is 0 Å². The van der Waals surface area contributed by atoms with E-state index in [0.29, 0.717) is 12.2 Å². The second-order valence-electron chi connectivity index (χ2n) is 4.51. The molecule has 2 aromatic carbocycles. The molecule has 4 heteroatoms. The predicted octanol–water partition coefficient (Wildman–Crippen LogP) is 4.16. The van der Waals surface area contributed by atoms with Crippen molar-refractivity contribution >= 4 is 27.5 Å². The van der Waals surface area contributed by atoms with Gasteiger partial charge in [0.05, 0.1) is 6.61 Å². The summed E-state index contributed by atoms with van der Waals surface area (Å²) in [7, 11) is 1.64. The number of para-hydroxylation sites is 1. The summed E-state index contributed by atoms with van der Waals surface area (Å²) in [6, 6.07) is 13.2. The van der Waals surface area contributed by atoms with E-state index >= 15 is 0 Å². The van der Waals surface area contributed by atoms with Gasteiger partial charge >= 0.3 is 0 Å². The molecule has 0 radical (unpaired) electrons. The van der Waals surface area contributed by atoms with Gasteiger partial charge in [-0.1, -0.05) is 34.1 Å². The monoisotopic (exact) mass is 333 g/mol. The Morgan fingerprint density at radius 1 is 1.25 bits per heavy atom. The Hall–Kier alpha value is -1.65. The van der Waals surface area contributed by atoms with Gasteiger partial charge in [-0.3, -0.25) is 4.79 Å². The highest BCUT2D eigenvalue weighted by atomic mass is 79.9. The summed E-state index contributed by atoms with van der Waals surface area (Å²) in [6.07, 6.45) is 0. The summed E-state index contributed by atoms with van der Waals surface area (Å²) >= 11 is 3.43. The Labute approximate surface area is 127 Å². The first kappa shape index (κ1) is 14.8. The zero-order valence-electron chi connectivity index (χ0n) is 11.4. The maximum Gasteiger partial charge on any atom is 0.255 e. The van der Waals surface area contributed by atoms with Crippen LogP contribution in [0.2, 0.25) is 0 Å². The molecule has 2 aromatic rings. The van der Waals surface area contributed by atoms with E-state index < -0.39 is 0 Å². The van der Waals surface area contributed by atoms with E-state index in [9.17, 15) is 4.79 Å². The summed E-state index contributed by atoms with van der Waals surface area (Å²) in [5, 5.41) is 2.92. The molecule has 0 spiro atoms. The molecular weight excluding hydrogens is 318 g/mol. The van der Waals surface area contributed by atoms with Gasteiger partial charge in [0.2, 0.25) is 0 Å². The highest BCUT2D eigenvalue weighted by Crippen LogP contribution is 2.20. The Balaban J connectivity index is 2.21. The number of nitrogens with one attached hydrogen (secondary N) is 1. The van der Waals surface area contributed by atoms with Crippen LogP contribution in [-0.4, -0.2) is 13.0 Å². The van der Waals surface area contributed by atoms with Gasteiger partial charge in [0.15, 0.2) is 0 Å². The SMILES string of the molecule is COCc1ccccc1NC(=O)c1ccc(Br)c(C)c1. The first-order valence-electron chi connectivity index (χ1n) is 6.26. The average molecular weight is 334 g/mol. The van der Waals surface area contributed by atoms with Crippen molar-refractivity contribution < 1.29 is 9.53 Å². The fourth-order valence-corrected chi connectivity index (χ4v) is 2.15. The lowest BCUT2D eigenvalue weighted by molar-refractivity contribution is 0.102. The van der Waals surface area contributed by atoms with Gasteiger partial charge in [-0.2, -0.15) is 0 Å². The van der Waals surface area contributed by atoms with Crippen molar-refractivity contribution in [2.45, 2.75) is 13.5 Å². The average Bonchev–Trinajstić information content (AvgIpc) is 2.44. The maximum absolute atomic E-state index is 12.3. The number of aryl methyl sites for hydroxylation is 1. The third kappa shape index (κ3) is 3.46. The normalized spacial score (nSPS) is 10.3. The van der Waals surface area contributed by atoms with Gasteiger partial charge < -0.3 is 10.1 Å². The molecule has 0 saturated carbocycles. The Morgan fingerprint density at radius 3 is 2.70 bits per heavy atom. The number of benzene rings is 2. The number of ether oxygens (including phenoxy) is 1. The molecule has 20 heavy (non-hydrogen) atoms. The molecule has 0 aliphatic rings. The van der Waals surface area contributed by atoms with Crippen LogP contribution in [0.15, 0.2) is 46.9 Å². The smallest absolute Gasteiger partial charge is 0.255 e. The summed E-state index contributed by atoms with van der Waals surface area (Å²) in [6.45, 7) is 2.43. The quantitative estimate of drug-likeness (QED) is 0.912. The zero-order chi connectivity index (χ0) is 14.5. The van der Waals surface area contributed by atoms with Crippen LogP contribution in [0.5, 0.6) is 0 Å². The predicted molar refractivity (Wildman–Crippen MR) is 84.0 cm³/mol. The van der Waals surface area contributed by atoms with Gasteiger partial charge in [0, 0.05) is 28.4 Å². The minimum Gasteiger partial charge on any atom is -0.380 e. The van der Waals surface area contributed by atoms with Crippen LogP contribution in [0.1, 0.15) is 21.5 Å². The zero-order valence-corrected chi connectivity index (χ0v) is 13.0. The van der Waals surface area contributed by atoms with Crippen LogP contribution >= 0.6 is 15.9 Å². The summed E-state index contributed by atoms with van der Waals surface area (Å²) in [5.74, 6) is -0.121. The van der Waals surface area contributed by atoms with E-state index in [1.54, 1.807) is 13.2 Å². The molecule has 3 nitrogen and oxygen atoms in total. The van der Waals surface area contributed by atoms with Crippen LogP contribution in [0.4, 0.5) is 5.69 Å². The topological polar surface area (TPSA) is 38.3 Å². The fourth-order valence-electron chi connectivity index (χ4n) is 1.90. The first-order chi connectivity index (χ1) is 9.61. The highest BCUT2D eigenvalue weighted by Gasteiger charge is 2.09. The number of methoxy groups -OCH3 is 1. The van der Waals surface area contributed by atoms with Gasteiger partial charge in [0.1, 0.15) is 0 Å². The Bertz CT molecular complexity index is 626. The molecule has 1 N–H and O–H groups in total. The fraction of sp³-hybridized carbons (Fsp3) is 0.188. The van der Waals surface area contributed by atoms with Crippen LogP contribution in [0.25, 0.3) is 0 Å². The van der Waals surface area contributed by atoms with E-state index in [2.05, 4.69) is 21.2 Å². The third-order valence-electron chi connectivity index (χ3n) is 2.99. The minimum atomic E-state index is -0.121. The number of amides is 1.